The van der Waals surface area contributed by atoms with Gasteiger partial charge in [-0.15, -0.1) is 0 Å². The van der Waals surface area contributed by atoms with Crippen molar-refractivity contribution < 1.29 is 38.0 Å². The fourth-order valence-electron chi connectivity index (χ4n) is 3.84. The molecule has 2 heterocycles. The molecule has 0 atom stereocenters. The number of imidazole rings is 1. The molecule has 2 aromatic heterocycles. The Hall–Kier alpha value is -4.49. The summed E-state index contributed by atoms with van der Waals surface area (Å²) >= 11 is 6.55. The Kier molecular flexibility index (Phi) is 8.65. The van der Waals surface area contributed by atoms with Crippen molar-refractivity contribution in [1.29, 1.82) is 0 Å². The number of ether oxygens (including phenoxy) is 4. The fraction of sp³-hybridized carbons (Fsp3) is 0.269. The van der Waals surface area contributed by atoms with Gasteiger partial charge in [0, 0.05) is 26.0 Å². The number of carbonyl (C=O) groups is 2. The van der Waals surface area contributed by atoms with Crippen LogP contribution in [0.3, 0.4) is 0 Å². The number of methoxy groups -OCH3 is 1. The largest absolute Gasteiger partial charge is 0.496 e. The molecule has 12 nitrogen and oxygen atoms in total. The predicted molar refractivity (Wildman–Crippen MR) is 140 cm³/mol. The van der Waals surface area contributed by atoms with Crippen LogP contribution in [0.5, 0.6) is 17.2 Å². The number of hydrogen-bond acceptors (Lipinski definition) is 10. The van der Waals surface area contributed by atoms with Crippen LogP contribution in [0.1, 0.15) is 35.7 Å². The van der Waals surface area contributed by atoms with Gasteiger partial charge in [-0.3, -0.25) is 9.59 Å². The molecule has 0 bridgehead atoms. The first-order valence-electron chi connectivity index (χ1n) is 11.8. The monoisotopic (exact) mass is 574 g/mol. The van der Waals surface area contributed by atoms with Crippen molar-refractivity contribution in [3.05, 3.63) is 68.7 Å². The highest BCUT2D eigenvalue weighted by molar-refractivity contribution is 6.32. The number of fused-ring (bicyclic) bond motifs is 1. The van der Waals surface area contributed by atoms with Crippen molar-refractivity contribution in [3.63, 3.8) is 0 Å². The summed E-state index contributed by atoms with van der Waals surface area (Å²) in [6.45, 7) is 1.43. The molecule has 4 rings (SSSR count). The molecule has 0 saturated heterocycles. The molecule has 40 heavy (non-hydrogen) atoms. The Morgan fingerprint density at radius 3 is 2.52 bits per heavy atom. The van der Waals surface area contributed by atoms with E-state index in [0.29, 0.717) is 0 Å². The van der Waals surface area contributed by atoms with Crippen molar-refractivity contribution >= 4 is 34.5 Å². The van der Waals surface area contributed by atoms with Crippen molar-refractivity contribution in [2.45, 2.75) is 27.1 Å². The van der Waals surface area contributed by atoms with Crippen LogP contribution >= 0.6 is 11.6 Å². The molecular formula is C26H24ClFN4O8. The first kappa shape index (κ1) is 28.5. The number of halogens is 2. The number of carbonyl (C=O) groups excluding carboxylic acids is 2. The minimum atomic E-state index is -0.705. The topological polar surface area (TPSA) is 155 Å². The summed E-state index contributed by atoms with van der Waals surface area (Å²) in [6, 6.07) is 7.05. The Morgan fingerprint density at radius 2 is 1.85 bits per heavy atom. The van der Waals surface area contributed by atoms with Gasteiger partial charge < -0.3 is 29.0 Å². The smallest absolute Gasteiger partial charge is 0.332 e. The standard InChI is InChI=1S/C26H24ClFN4O8/c1-13(34)23-24-25(30-22(29-23)12-39-14(2)35)32(26(36)31-24)18-10-21(20(9-16(18)27)38-8-7-33)40-11-15-17(28)5-4-6-19(15)37-3/h4-6,9-10,33H,7-8,11-12H2,1-3H3,(H,31,36). The Balaban J connectivity index is 1.86. The Morgan fingerprint density at radius 1 is 1.10 bits per heavy atom. The minimum absolute atomic E-state index is 0.0139. The maximum Gasteiger partial charge on any atom is 0.332 e. The zero-order valence-corrected chi connectivity index (χ0v) is 22.4. The fourth-order valence-corrected chi connectivity index (χ4v) is 4.07. The summed E-state index contributed by atoms with van der Waals surface area (Å²) in [5, 5.41) is 9.27. The summed E-state index contributed by atoms with van der Waals surface area (Å²) in [5.41, 5.74) is -0.558. The van der Waals surface area contributed by atoms with Crippen LogP contribution in [-0.4, -0.2) is 56.7 Å². The van der Waals surface area contributed by atoms with Gasteiger partial charge in [-0.05, 0) is 12.1 Å². The third-order valence-electron chi connectivity index (χ3n) is 5.59. The lowest BCUT2D eigenvalue weighted by molar-refractivity contribution is -0.142. The molecule has 210 valence electrons. The van der Waals surface area contributed by atoms with Crippen LogP contribution < -0.4 is 19.9 Å². The molecule has 2 aromatic carbocycles. The predicted octanol–water partition coefficient (Wildman–Crippen LogP) is 3.13. The van der Waals surface area contributed by atoms with Crippen LogP contribution in [0.25, 0.3) is 16.9 Å². The summed E-state index contributed by atoms with van der Waals surface area (Å²) < 4.78 is 37.2. The molecule has 0 amide bonds. The number of nitrogens with one attached hydrogen (secondary N) is 1. The lowest BCUT2D eigenvalue weighted by Gasteiger charge is -2.17. The molecule has 0 unspecified atom stereocenters. The number of Topliss-reactive ketones (excluding diaryl/α,β-unsaturated/α-hetero) is 1. The SMILES string of the molecule is COc1cccc(F)c1COc1cc(-n2c(=O)[nH]c3c(C(C)=O)nc(COC(C)=O)nc32)c(Cl)cc1OCCO. The highest BCUT2D eigenvalue weighted by Gasteiger charge is 2.23. The second kappa shape index (κ2) is 12.1. The van der Waals surface area contributed by atoms with Gasteiger partial charge >= 0.3 is 11.7 Å². The molecule has 0 aliphatic heterocycles. The lowest BCUT2D eigenvalue weighted by atomic mass is 10.2. The normalized spacial score (nSPS) is 10.9. The van der Waals surface area contributed by atoms with Gasteiger partial charge in [0.05, 0.1) is 30.0 Å². The molecule has 0 aliphatic carbocycles. The van der Waals surface area contributed by atoms with Gasteiger partial charge in [0.25, 0.3) is 0 Å². The molecule has 0 spiro atoms. The van der Waals surface area contributed by atoms with E-state index in [1.54, 1.807) is 6.07 Å². The zero-order valence-electron chi connectivity index (χ0n) is 21.6. The Bertz CT molecular complexity index is 1650. The van der Waals surface area contributed by atoms with Crippen molar-refractivity contribution in [2.24, 2.45) is 0 Å². The van der Waals surface area contributed by atoms with Gasteiger partial charge in [0.15, 0.2) is 35.4 Å². The average molecular weight is 575 g/mol. The number of benzene rings is 2. The summed E-state index contributed by atoms with van der Waals surface area (Å²) in [4.78, 5) is 47.8. The van der Waals surface area contributed by atoms with E-state index in [0.717, 1.165) is 4.57 Å². The number of H-pyrrole nitrogens is 1. The number of rotatable bonds is 11. The third kappa shape index (κ3) is 5.90. The molecule has 2 N–H and O–H groups in total. The molecule has 0 fully saturated rings. The number of aliphatic hydroxyl groups excluding tert-OH is 1. The van der Waals surface area contributed by atoms with Gasteiger partial charge in [-0.2, -0.15) is 0 Å². The van der Waals surface area contributed by atoms with Gasteiger partial charge in [0.1, 0.15) is 36.0 Å². The highest BCUT2D eigenvalue weighted by atomic mass is 35.5. The van der Waals surface area contributed by atoms with Gasteiger partial charge in [-0.25, -0.2) is 23.7 Å². The maximum absolute atomic E-state index is 14.5. The second-order valence-corrected chi connectivity index (χ2v) is 8.73. The second-order valence-electron chi connectivity index (χ2n) is 8.32. The zero-order chi connectivity index (χ0) is 29.0. The number of nitrogens with zero attached hydrogens (tertiary/aromatic N) is 3. The van der Waals surface area contributed by atoms with Crippen LogP contribution in [0.4, 0.5) is 4.39 Å². The molecule has 0 aliphatic rings. The van der Waals surface area contributed by atoms with Crippen LogP contribution in [-0.2, 0) is 22.7 Å². The highest BCUT2D eigenvalue weighted by Crippen LogP contribution is 2.37. The van der Waals surface area contributed by atoms with E-state index in [-0.39, 0.29) is 82.6 Å². The summed E-state index contributed by atoms with van der Waals surface area (Å²) in [5.74, 6) is -1.22. The number of aromatic nitrogens is 4. The average Bonchev–Trinajstić information content (AvgIpc) is 3.25. The minimum Gasteiger partial charge on any atom is -0.496 e. The maximum atomic E-state index is 14.5. The molecular weight excluding hydrogens is 551 g/mol. The van der Waals surface area contributed by atoms with Gasteiger partial charge in [0.2, 0.25) is 0 Å². The first-order valence-corrected chi connectivity index (χ1v) is 12.2. The lowest BCUT2D eigenvalue weighted by Crippen LogP contribution is -2.16. The van der Waals surface area contributed by atoms with Crippen LogP contribution in [0.15, 0.2) is 35.1 Å². The van der Waals surface area contributed by atoms with E-state index in [9.17, 15) is 23.9 Å². The van der Waals surface area contributed by atoms with E-state index in [1.807, 2.05) is 0 Å². The van der Waals surface area contributed by atoms with E-state index in [1.165, 1.54) is 45.2 Å². The molecule has 0 radical (unpaired) electrons. The van der Waals surface area contributed by atoms with Crippen LogP contribution in [0, 0.1) is 5.82 Å². The molecule has 0 saturated carbocycles. The summed E-state index contributed by atoms with van der Waals surface area (Å²) in [7, 11) is 1.39. The van der Waals surface area contributed by atoms with Crippen molar-refractivity contribution in [3.8, 4) is 22.9 Å². The van der Waals surface area contributed by atoms with E-state index in [4.69, 9.17) is 30.5 Å². The van der Waals surface area contributed by atoms with E-state index in [2.05, 4.69) is 15.0 Å². The summed E-state index contributed by atoms with van der Waals surface area (Å²) in [6.07, 6.45) is 0. The van der Waals surface area contributed by atoms with E-state index < -0.39 is 23.3 Å². The number of ketones is 1. The van der Waals surface area contributed by atoms with Crippen molar-refractivity contribution in [2.75, 3.05) is 20.3 Å². The van der Waals surface area contributed by atoms with E-state index >= 15 is 0 Å². The Labute approximate surface area is 231 Å². The number of hydrogen-bond donors (Lipinski definition) is 2. The quantitative estimate of drug-likeness (QED) is 0.202. The molecule has 14 heteroatoms. The first-order chi connectivity index (χ1) is 19.1. The van der Waals surface area contributed by atoms with Crippen molar-refractivity contribution in [1.82, 2.24) is 19.5 Å². The number of aromatic amines is 1. The van der Waals surface area contributed by atoms with Gasteiger partial charge in [-0.1, -0.05) is 17.7 Å². The van der Waals surface area contributed by atoms with Crippen LogP contribution in [0.2, 0.25) is 5.02 Å². The third-order valence-corrected chi connectivity index (χ3v) is 5.89. The molecule has 4 aromatic rings. The number of esters is 1. The number of aliphatic hydroxyl groups is 1.